The van der Waals surface area contributed by atoms with Gasteiger partial charge < -0.3 is 4.42 Å². The zero-order chi connectivity index (χ0) is 18.8. The molecule has 0 radical (unpaired) electrons. The normalized spacial score (nSPS) is 10.7. The van der Waals surface area contributed by atoms with Gasteiger partial charge >= 0.3 is 0 Å². The summed E-state index contributed by atoms with van der Waals surface area (Å²) in [4.78, 5) is 25.7. The molecule has 0 saturated heterocycles. The molecule has 8 heteroatoms. The number of anilines is 1. The fourth-order valence-corrected chi connectivity index (χ4v) is 3.33. The van der Waals surface area contributed by atoms with E-state index >= 15 is 0 Å². The molecule has 3 heterocycles. The maximum Gasteiger partial charge on any atom is 0.295 e. The Bertz CT molecular complexity index is 1090. The predicted molar refractivity (Wildman–Crippen MR) is 105 cm³/mol. The molecule has 0 saturated carbocycles. The van der Waals surface area contributed by atoms with Crippen LogP contribution in [0.5, 0.6) is 0 Å². The van der Waals surface area contributed by atoms with Crippen LogP contribution >= 0.6 is 22.9 Å². The van der Waals surface area contributed by atoms with E-state index in [0.717, 1.165) is 11.3 Å². The monoisotopic (exact) mass is 396 g/mol. The average molecular weight is 397 g/mol. The Kier molecular flexibility index (Phi) is 4.70. The number of thiazole rings is 1. The van der Waals surface area contributed by atoms with E-state index in [9.17, 15) is 4.79 Å². The number of halogens is 1. The number of aromatic nitrogens is 3. The van der Waals surface area contributed by atoms with Crippen LogP contribution in [0.3, 0.4) is 0 Å². The first-order chi connectivity index (χ1) is 13.1. The molecule has 3 aromatic heterocycles. The highest BCUT2D eigenvalue weighted by atomic mass is 35.5. The Morgan fingerprint density at radius 1 is 1.11 bits per heavy atom. The SMILES string of the molecule is Cc1nc(-c2ccc(Cl)cc2)c(C(=O)Nc2nc(-c3ccccn3)cs2)o1. The molecule has 0 fully saturated rings. The van der Waals surface area contributed by atoms with Crippen molar-refractivity contribution in [2.45, 2.75) is 6.92 Å². The molecule has 0 atom stereocenters. The largest absolute Gasteiger partial charge is 0.435 e. The minimum atomic E-state index is -0.414. The Morgan fingerprint density at radius 2 is 1.93 bits per heavy atom. The molecule has 0 aliphatic heterocycles. The van der Waals surface area contributed by atoms with Gasteiger partial charge in [-0.15, -0.1) is 11.3 Å². The van der Waals surface area contributed by atoms with E-state index in [-0.39, 0.29) is 5.76 Å². The lowest BCUT2D eigenvalue weighted by Gasteiger charge is -2.02. The van der Waals surface area contributed by atoms with Crippen LogP contribution in [0.25, 0.3) is 22.6 Å². The zero-order valence-electron chi connectivity index (χ0n) is 14.1. The van der Waals surface area contributed by atoms with Gasteiger partial charge in [0.05, 0.1) is 5.69 Å². The van der Waals surface area contributed by atoms with Crippen molar-refractivity contribution in [1.29, 1.82) is 0 Å². The molecular weight excluding hydrogens is 384 g/mol. The maximum atomic E-state index is 12.7. The number of rotatable bonds is 4. The number of benzene rings is 1. The summed E-state index contributed by atoms with van der Waals surface area (Å²) in [6.45, 7) is 1.69. The van der Waals surface area contributed by atoms with Crippen molar-refractivity contribution in [3.63, 3.8) is 0 Å². The van der Waals surface area contributed by atoms with Crippen LogP contribution in [0.4, 0.5) is 5.13 Å². The van der Waals surface area contributed by atoms with Gasteiger partial charge in [0.15, 0.2) is 11.0 Å². The van der Waals surface area contributed by atoms with E-state index in [2.05, 4.69) is 20.3 Å². The van der Waals surface area contributed by atoms with Crippen LogP contribution in [0.15, 0.2) is 58.5 Å². The number of carbonyl (C=O) groups is 1. The standard InChI is InChI=1S/C19H13ClN4O2S/c1-11-22-16(12-5-7-13(20)8-6-12)17(26-11)18(25)24-19-23-15(10-27-19)14-4-2-3-9-21-14/h2-10H,1H3,(H,23,24,25). The molecule has 0 bridgehead atoms. The zero-order valence-corrected chi connectivity index (χ0v) is 15.7. The summed E-state index contributed by atoms with van der Waals surface area (Å²) in [5.74, 6) is 0.116. The minimum Gasteiger partial charge on any atom is -0.435 e. The molecule has 1 aromatic carbocycles. The predicted octanol–water partition coefficient (Wildman–Crippen LogP) is 5.07. The molecule has 1 N–H and O–H groups in total. The van der Waals surface area contributed by atoms with Gasteiger partial charge in [0.1, 0.15) is 11.4 Å². The van der Waals surface area contributed by atoms with Crippen molar-refractivity contribution in [1.82, 2.24) is 15.0 Å². The van der Waals surface area contributed by atoms with E-state index in [1.54, 1.807) is 37.4 Å². The van der Waals surface area contributed by atoms with Crippen LogP contribution in [-0.2, 0) is 0 Å². The number of nitrogens with zero attached hydrogens (tertiary/aromatic N) is 3. The van der Waals surface area contributed by atoms with Crippen LogP contribution in [0.2, 0.25) is 5.02 Å². The Morgan fingerprint density at radius 3 is 2.67 bits per heavy atom. The van der Waals surface area contributed by atoms with Crippen molar-refractivity contribution < 1.29 is 9.21 Å². The second kappa shape index (κ2) is 7.30. The molecular formula is C19H13ClN4O2S. The summed E-state index contributed by atoms with van der Waals surface area (Å²) in [7, 11) is 0. The van der Waals surface area contributed by atoms with Crippen LogP contribution in [0, 0.1) is 6.92 Å². The van der Waals surface area contributed by atoms with Crippen molar-refractivity contribution in [3.8, 4) is 22.6 Å². The van der Waals surface area contributed by atoms with Crippen molar-refractivity contribution in [2.24, 2.45) is 0 Å². The van der Waals surface area contributed by atoms with Crippen LogP contribution < -0.4 is 5.32 Å². The molecule has 6 nitrogen and oxygen atoms in total. The quantitative estimate of drug-likeness (QED) is 0.520. The highest BCUT2D eigenvalue weighted by molar-refractivity contribution is 7.14. The number of hydrogen-bond donors (Lipinski definition) is 1. The molecule has 0 aliphatic carbocycles. The van der Waals surface area contributed by atoms with Gasteiger partial charge in [-0.05, 0) is 24.3 Å². The molecule has 0 spiro atoms. The molecule has 0 aliphatic rings. The van der Waals surface area contributed by atoms with Crippen molar-refractivity contribution >= 4 is 34.0 Å². The topological polar surface area (TPSA) is 80.9 Å². The highest BCUT2D eigenvalue weighted by Crippen LogP contribution is 2.28. The molecule has 4 aromatic rings. The van der Waals surface area contributed by atoms with Crippen molar-refractivity contribution in [2.75, 3.05) is 5.32 Å². The Labute approximate surface area is 163 Å². The van der Waals surface area contributed by atoms with Gasteiger partial charge in [0.2, 0.25) is 5.76 Å². The van der Waals surface area contributed by atoms with Gasteiger partial charge in [-0.2, -0.15) is 0 Å². The number of aryl methyl sites for hydroxylation is 1. The molecule has 1 amide bonds. The maximum absolute atomic E-state index is 12.7. The third-order valence-electron chi connectivity index (χ3n) is 3.71. The first kappa shape index (κ1) is 17.4. The summed E-state index contributed by atoms with van der Waals surface area (Å²) < 4.78 is 5.53. The summed E-state index contributed by atoms with van der Waals surface area (Å²) in [6, 6.07) is 12.6. The third kappa shape index (κ3) is 3.74. The molecule has 4 rings (SSSR count). The van der Waals surface area contributed by atoms with Gasteiger partial charge in [-0.1, -0.05) is 29.8 Å². The highest BCUT2D eigenvalue weighted by Gasteiger charge is 2.21. The molecule has 27 heavy (non-hydrogen) atoms. The van der Waals surface area contributed by atoms with Crippen LogP contribution in [0.1, 0.15) is 16.4 Å². The number of oxazole rings is 1. The average Bonchev–Trinajstić information content (AvgIpc) is 3.30. The summed E-state index contributed by atoms with van der Waals surface area (Å²) in [5.41, 5.74) is 2.65. The smallest absolute Gasteiger partial charge is 0.295 e. The lowest BCUT2D eigenvalue weighted by atomic mass is 10.1. The van der Waals surface area contributed by atoms with Gasteiger partial charge in [0.25, 0.3) is 5.91 Å². The summed E-state index contributed by atoms with van der Waals surface area (Å²) in [5, 5.41) is 5.66. The van der Waals surface area contributed by atoms with E-state index < -0.39 is 5.91 Å². The van der Waals surface area contributed by atoms with E-state index in [1.807, 2.05) is 23.6 Å². The van der Waals surface area contributed by atoms with Gasteiger partial charge in [-0.25, -0.2) is 9.97 Å². The molecule has 0 unspecified atom stereocenters. The Balaban J connectivity index is 1.59. The summed E-state index contributed by atoms with van der Waals surface area (Å²) in [6.07, 6.45) is 1.70. The first-order valence-corrected chi connectivity index (χ1v) is 9.27. The Hall–Kier alpha value is -3.03. The second-order valence-corrected chi connectivity index (χ2v) is 6.92. The second-order valence-electron chi connectivity index (χ2n) is 5.62. The van der Waals surface area contributed by atoms with Crippen LogP contribution in [-0.4, -0.2) is 20.9 Å². The number of amides is 1. The lowest BCUT2D eigenvalue weighted by molar-refractivity contribution is 0.0996. The number of pyridine rings is 1. The fourth-order valence-electron chi connectivity index (χ4n) is 2.50. The number of hydrogen-bond acceptors (Lipinski definition) is 6. The third-order valence-corrected chi connectivity index (χ3v) is 4.72. The van der Waals surface area contributed by atoms with E-state index in [0.29, 0.717) is 27.4 Å². The number of carbonyl (C=O) groups excluding carboxylic acids is 1. The minimum absolute atomic E-state index is 0.129. The van der Waals surface area contributed by atoms with E-state index in [4.69, 9.17) is 16.0 Å². The first-order valence-electron chi connectivity index (χ1n) is 8.02. The van der Waals surface area contributed by atoms with Crippen molar-refractivity contribution in [3.05, 3.63) is 70.7 Å². The van der Waals surface area contributed by atoms with Gasteiger partial charge in [-0.3, -0.25) is 15.1 Å². The lowest BCUT2D eigenvalue weighted by Crippen LogP contribution is -2.12. The molecule has 134 valence electrons. The number of nitrogens with one attached hydrogen (secondary N) is 1. The summed E-state index contributed by atoms with van der Waals surface area (Å²) >= 11 is 7.25. The van der Waals surface area contributed by atoms with Gasteiger partial charge in [0, 0.05) is 29.1 Å². The van der Waals surface area contributed by atoms with E-state index in [1.165, 1.54) is 11.3 Å². The fraction of sp³-hybridized carbons (Fsp3) is 0.0526.